The lowest BCUT2D eigenvalue weighted by Crippen LogP contribution is -2.33. The number of sulfonamides is 1. The van der Waals surface area contributed by atoms with E-state index in [1.54, 1.807) is 12.1 Å². The summed E-state index contributed by atoms with van der Waals surface area (Å²) in [7, 11) is -4.70. The van der Waals surface area contributed by atoms with Crippen molar-refractivity contribution in [2.24, 2.45) is 10.9 Å². The van der Waals surface area contributed by atoms with Crippen LogP contribution in [0.2, 0.25) is 0 Å². The van der Waals surface area contributed by atoms with Gasteiger partial charge in [-0.2, -0.15) is 24.2 Å². The van der Waals surface area contributed by atoms with Crippen LogP contribution in [0.5, 0.6) is 0 Å². The van der Waals surface area contributed by atoms with E-state index in [1.807, 2.05) is 12.1 Å². The van der Waals surface area contributed by atoms with Gasteiger partial charge in [0, 0.05) is 5.56 Å². The number of hydrazine groups is 3. The predicted molar refractivity (Wildman–Crippen MR) is 101 cm³/mol. The monoisotopic (exact) mass is 430 g/mol. The molecule has 0 atom stereocenters. The summed E-state index contributed by atoms with van der Waals surface area (Å²) < 4.78 is 65.1. The van der Waals surface area contributed by atoms with E-state index in [1.165, 1.54) is 6.07 Å². The molecule has 1 aliphatic heterocycles. The summed E-state index contributed by atoms with van der Waals surface area (Å²) in [5, 5.41) is 5.21. The van der Waals surface area contributed by atoms with Crippen LogP contribution in [0.15, 0.2) is 41.3 Å². The Morgan fingerprint density at radius 2 is 1.62 bits per heavy atom. The summed E-state index contributed by atoms with van der Waals surface area (Å²) in [6, 6.07) is 9.08. The molecule has 0 unspecified atom stereocenters. The van der Waals surface area contributed by atoms with Crippen LogP contribution in [-0.2, 0) is 22.6 Å². The van der Waals surface area contributed by atoms with Gasteiger partial charge in [-0.15, -0.1) is 0 Å². The lowest BCUT2D eigenvalue weighted by Gasteiger charge is -2.22. The maximum absolute atomic E-state index is 13.5. The Bertz CT molecular complexity index is 974. The lowest BCUT2D eigenvalue weighted by molar-refractivity contribution is -0.140. The van der Waals surface area contributed by atoms with Gasteiger partial charge in [0.25, 0.3) is 0 Å². The summed E-state index contributed by atoms with van der Waals surface area (Å²) in [6.07, 6.45) is -4.33. The minimum atomic E-state index is -4.90. The summed E-state index contributed by atoms with van der Waals surface area (Å²) in [5.41, 5.74) is 16.1. The molecule has 3 rings (SSSR count). The zero-order valence-electron chi connectivity index (χ0n) is 15.2. The highest BCUT2D eigenvalue weighted by atomic mass is 32.2. The van der Waals surface area contributed by atoms with Crippen LogP contribution in [0.3, 0.4) is 0 Å². The van der Waals surface area contributed by atoms with Crippen molar-refractivity contribution < 1.29 is 21.6 Å². The number of halogens is 3. The Kier molecular flexibility index (Phi) is 6.24. The van der Waals surface area contributed by atoms with Gasteiger partial charge < -0.3 is 5.73 Å². The number of alkyl halides is 3. The molecular weight excluding hydrogens is 409 g/mol. The number of rotatable bonds is 6. The molecule has 0 bridgehead atoms. The maximum Gasteiger partial charge on any atom is 0.417 e. The zero-order chi connectivity index (χ0) is 21.2. The van der Waals surface area contributed by atoms with E-state index in [4.69, 9.17) is 10.9 Å². The number of nitrogens with one attached hydrogen (secondary N) is 4. The summed E-state index contributed by atoms with van der Waals surface area (Å²) in [5.74, 6) is 0. The average molecular weight is 430 g/mol. The largest absolute Gasteiger partial charge is 0.417 e. The van der Waals surface area contributed by atoms with Crippen LogP contribution in [-0.4, -0.2) is 15.0 Å². The second-order valence-electron chi connectivity index (χ2n) is 6.51. The van der Waals surface area contributed by atoms with Gasteiger partial charge in [-0.05, 0) is 42.1 Å². The molecule has 8 nitrogen and oxygen atoms in total. The van der Waals surface area contributed by atoms with Gasteiger partial charge in [0.15, 0.2) is 0 Å². The molecule has 0 amide bonds. The standard InChI is InChI=1S/C17H21F3N6O2S/c18-17(19,20)13-8-7-12(11-5-3-10(4-6-11)2-1-9-21)14(15(13)29(22,27)28)16-23-25-26-24-16/h3-8,16,23-26H,1-2,9,21H2,(H2,22,27,28). The van der Waals surface area contributed by atoms with E-state index < -0.39 is 32.8 Å². The number of aryl methyl sites for hydroxylation is 1. The molecule has 0 aromatic heterocycles. The van der Waals surface area contributed by atoms with Crippen molar-refractivity contribution in [3.8, 4) is 11.1 Å². The van der Waals surface area contributed by atoms with Gasteiger partial charge in [-0.3, -0.25) is 0 Å². The van der Waals surface area contributed by atoms with E-state index in [0.29, 0.717) is 17.7 Å². The van der Waals surface area contributed by atoms with Gasteiger partial charge in [0.2, 0.25) is 10.0 Å². The van der Waals surface area contributed by atoms with Gasteiger partial charge >= 0.3 is 6.18 Å². The minimum absolute atomic E-state index is 0.144. The smallest absolute Gasteiger partial charge is 0.330 e. The third-order valence-electron chi connectivity index (χ3n) is 4.50. The summed E-state index contributed by atoms with van der Waals surface area (Å²) in [6.45, 7) is 0.543. The highest BCUT2D eigenvalue weighted by molar-refractivity contribution is 7.89. The fraction of sp³-hybridized carbons (Fsp3) is 0.294. The predicted octanol–water partition coefficient (Wildman–Crippen LogP) is 1.03. The zero-order valence-corrected chi connectivity index (χ0v) is 16.0. The third-order valence-corrected chi connectivity index (χ3v) is 5.51. The molecule has 1 fully saturated rings. The molecule has 2 aromatic rings. The number of hydrogen-bond acceptors (Lipinski definition) is 7. The van der Waals surface area contributed by atoms with Gasteiger partial charge in [0.05, 0.1) is 5.56 Å². The van der Waals surface area contributed by atoms with E-state index in [0.717, 1.165) is 24.5 Å². The van der Waals surface area contributed by atoms with E-state index >= 15 is 0 Å². The molecule has 0 spiro atoms. The van der Waals surface area contributed by atoms with Gasteiger partial charge in [0.1, 0.15) is 11.1 Å². The van der Waals surface area contributed by atoms with Crippen LogP contribution < -0.4 is 32.8 Å². The minimum Gasteiger partial charge on any atom is -0.330 e. The maximum atomic E-state index is 13.5. The lowest BCUT2D eigenvalue weighted by atomic mass is 9.94. The molecule has 1 saturated heterocycles. The fourth-order valence-electron chi connectivity index (χ4n) is 3.22. The molecule has 8 N–H and O–H groups in total. The second kappa shape index (κ2) is 8.36. The molecule has 0 aliphatic carbocycles. The molecule has 0 radical (unpaired) electrons. The van der Waals surface area contributed by atoms with Crippen LogP contribution >= 0.6 is 0 Å². The first-order chi connectivity index (χ1) is 13.6. The molecule has 1 heterocycles. The van der Waals surface area contributed by atoms with Crippen LogP contribution in [0.4, 0.5) is 13.2 Å². The van der Waals surface area contributed by atoms with Crippen LogP contribution in [0.1, 0.15) is 29.3 Å². The Morgan fingerprint density at radius 3 is 2.14 bits per heavy atom. The number of hydrogen-bond donors (Lipinski definition) is 6. The highest BCUT2D eigenvalue weighted by Crippen LogP contribution is 2.41. The van der Waals surface area contributed by atoms with Crippen LogP contribution in [0.25, 0.3) is 11.1 Å². The normalized spacial score (nSPS) is 15.8. The Labute approximate surface area is 165 Å². The van der Waals surface area contributed by atoms with Crippen molar-refractivity contribution in [1.82, 2.24) is 21.9 Å². The molecule has 2 aromatic carbocycles. The highest BCUT2D eigenvalue weighted by Gasteiger charge is 2.40. The molecule has 29 heavy (non-hydrogen) atoms. The van der Waals surface area contributed by atoms with Crippen molar-refractivity contribution in [3.63, 3.8) is 0 Å². The number of benzene rings is 2. The second-order valence-corrected chi connectivity index (χ2v) is 8.01. The van der Waals surface area contributed by atoms with Gasteiger partial charge in [-0.25, -0.2) is 24.4 Å². The van der Waals surface area contributed by atoms with E-state index in [2.05, 4.69) is 21.9 Å². The SMILES string of the molecule is NCCCc1ccc(-c2ccc(C(F)(F)F)c(S(N)(=O)=O)c2C2NNNN2)cc1. The Balaban J connectivity index is 2.22. The average Bonchev–Trinajstić information content (AvgIpc) is 3.18. The van der Waals surface area contributed by atoms with Crippen molar-refractivity contribution in [1.29, 1.82) is 0 Å². The summed E-state index contributed by atoms with van der Waals surface area (Å²) in [4.78, 5) is -0.981. The van der Waals surface area contributed by atoms with Crippen molar-refractivity contribution >= 4 is 10.0 Å². The first-order valence-corrected chi connectivity index (χ1v) is 10.2. The molecule has 158 valence electrons. The molecule has 0 saturated carbocycles. The fourth-order valence-corrected chi connectivity index (χ4v) is 4.25. The molecular formula is C17H21F3N6O2S. The first-order valence-electron chi connectivity index (χ1n) is 8.70. The first kappa shape index (κ1) is 21.6. The van der Waals surface area contributed by atoms with E-state index in [-0.39, 0.29) is 5.56 Å². The van der Waals surface area contributed by atoms with Crippen molar-refractivity contribution in [2.45, 2.75) is 30.1 Å². The van der Waals surface area contributed by atoms with Gasteiger partial charge in [-0.1, -0.05) is 30.3 Å². The molecule has 12 heteroatoms. The number of primary sulfonamides is 1. The quantitative estimate of drug-likeness (QED) is 0.403. The molecule has 1 aliphatic rings. The topological polar surface area (TPSA) is 134 Å². The Morgan fingerprint density at radius 1 is 1.00 bits per heavy atom. The van der Waals surface area contributed by atoms with Crippen LogP contribution in [0, 0.1) is 0 Å². The van der Waals surface area contributed by atoms with E-state index in [9.17, 15) is 21.6 Å². The third kappa shape index (κ3) is 4.75. The van der Waals surface area contributed by atoms with Crippen molar-refractivity contribution in [3.05, 3.63) is 53.1 Å². The number of nitrogens with two attached hydrogens (primary N) is 2. The van der Waals surface area contributed by atoms with Crippen molar-refractivity contribution in [2.75, 3.05) is 6.54 Å². The Hall–Kier alpha value is -2.06. The summed E-state index contributed by atoms with van der Waals surface area (Å²) >= 11 is 0.